The van der Waals surface area contributed by atoms with E-state index in [1.165, 1.54) is 40.4 Å². The van der Waals surface area contributed by atoms with Crippen molar-refractivity contribution in [3.05, 3.63) is 85.4 Å². The van der Waals surface area contributed by atoms with E-state index in [1.807, 2.05) is 12.1 Å². The van der Waals surface area contributed by atoms with Gasteiger partial charge in [0.05, 0.1) is 24.2 Å². The van der Waals surface area contributed by atoms with E-state index in [0.717, 1.165) is 111 Å². The van der Waals surface area contributed by atoms with Crippen molar-refractivity contribution in [1.82, 2.24) is 9.48 Å². The van der Waals surface area contributed by atoms with Crippen LogP contribution in [0, 0.1) is 5.92 Å². The number of hydrogen-bond donors (Lipinski definition) is 1. The average molecular weight is 661 g/mol. The number of aliphatic carboxylic acids is 1. The molecule has 49 heavy (non-hydrogen) atoms. The summed E-state index contributed by atoms with van der Waals surface area (Å²) in [7, 11) is 1.39. The topological polar surface area (TPSA) is 99.4 Å². The van der Waals surface area contributed by atoms with Gasteiger partial charge in [-0.3, -0.25) is 9.59 Å². The second-order valence-corrected chi connectivity index (χ2v) is 14.5. The van der Waals surface area contributed by atoms with Crippen LogP contribution in [0.25, 0.3) is 5.57 Å². The third kappa shape index (κ3) is 4.79. The van der Waals surface area contributed by atoms with Gasteiger partial charge in [0.1, 0.15) is 24.6 Å². The fourth-order valence-electron chi connectivity index (χ4n) is 9.49. The van der Waals surface area contributed by atoms with Crippen LogP contribution in [0.1, 0.15) is 92.6 Å². The Morgan fingerprint density at radius 3 is 2.35 bits per heavy atom. The number of carboxylic acid groups (broad SMARTS) is 1. The summed E-state index contributed by atoms with van der Waals surface area (Å²) in [6, 6.07) is 10.1. The predicted molar refractivity (Wildman–Crippen MR) is 184 cm³/mol. The maximum Gasteiger partial charge on any atom is 0.338 e. The monoisotopic (exact) mass is 660 g/mol. The number of methoxy groups -OCH3 is 1. The number of carbonyl (C=O) groups is 3. The van der Waals surface area contributed by atoms with Gasteiger partial charge in [-0.05, 0) is 86.8 Å². The number of aryl methyl sites for hydroxylation is 2. The van der Waals surface area contributed by atoms with Crippen molar-refractivity contribution in [3.63, 3.8) is 0 Å². The molecule has 1 saturated heterocycles. The fraction of sp³-hybridized carbons (Fsp3) is 0.450. The molecule has 0 aromatic heterocycles. The Bertz CT molecular complexity index is 2090. The summed E-state index contributed by atoms with van der Waals surface area (Å²) in [6.45, 7) is 5.00. The molecule has 0 unspecified atom stereocenters. The lowest BCUT2D eigenvalue weighted by Crippen LogP contribution is -2.45. The number of carbonyl (C=O) groups excluding carboxylic acids is 2. The van der Waals surface area contributed by atoms with Crippen LogP contribution in [-0.4, -0.2) is 74.2 Å². The zero-order valence-electron chi connectivity index (χ0n) is 28.1. The van der Waals surface area contributed by atoms with Crippen molar-refractivity contribution < 1.29 is 29.0 Å². The van der Waals surface area contributed by atoms with Crippen molar-refractivity contribution in [3.8, 4) is 11.5 Å². The smallest absolute Gasteiger partial charge is 0.338 e. The molecule has 6 heterocycles. The number of rotatable bonds is 4. The van der Waals surface area contributed by atoms with Gasteiger partial charge < -0.3 is 24.4 Å². The normalized spacial score (nSPS) is 19.3. The number of amides is 1. The van der Waals surface area contributed by atoms with Crippen molar-refractivity contribution >= 4 is 29.1 Å². The number of fused-ring (bicyclic) bond motifs is 4. The first kappa shape index (κ1) is 30.4. The molecule has 1 N–H and O–H groups in total. The maximum atomic E-state index is 13.8. The fourth-order valence-corrected chi connectivity index (χ4v) is 9.49. The van der Waals surface area contributed by atoms with Gasteiger partial charge in [-0.1, -0.05) is 6.07 Å². The summed E-state index contributed by atoms with van der Waals surface area (Å²) >= 11 is 0. The van der Waals surface area contributed by atoms with Crippen molar-refractivity contribution in [2.45, 2.75) is 64.2 Å². The lowest BCUT2D eigenvalue weighted by atomic mass is 9.81. The quantitative estimate of drug-likeness (QED) is 0.263. The van der Waals surface area contributed by atoms with Gasteiger partial charge in [-0.2, -0.15) is 0 Å². The van der Waals surface area contributed by atoms with Crippen LogP contribution >= 0.6 is 0 Å². The highest BCUT2D eigenvalue weighted by molar-refractivity contribution is 6.03. The first-order chi connectivity index (χ1) is 23.9. The predicted octanol–water partition coefficient (Wildman–Crippen LogP) is 3.85. The average Bonchev–Trinajstić information content (AvgIpc) is 3.14. The zero-order valence-corrected chi connectivity index (χ0v) is 28.1. The molecular weight excluding hydrogens is 618 g/mol. The molecular formula is C40H42N3O6+. The van der Waals surface area contributed by atoms with Crippen LogP contribution in [0.3, 0.4) is 0 Å². The van der Waals surface area contributed by atoms with Crippen LogP contribution in [-0.2, 0) is 35.2 Å². The molecule has 0 atom stereocenters. The Morgan fingerprint density at radius 2 is 1.57 bits per heavy atom. The number of hydrogen-bond acceptors (Lipinski definition) is 6. The van der Waals surface area contributed by atoms with E-state index in [9.17, 15) is 19.5 Å². The standard InChI is InChI=1S/C40H41N3O6/c1-48-40(47)30-22-26(38(44)43-18-12-23(13-19-43)39(45)46)10-11-27(30)33-31-20-24-6-2-14-41-16-4-8-28(34(24)41)36(31)49-37-29-9-5-17-42-15-3-7-25(35(29)42)21-32(33)37/h10-11,20-23H,2-9,12-19H2,1H3/p+1. The molecule has 9 nitrogen and oxygen atoms in total. The van der Waals surface area contributed by atoms with Gasteiger partial charge in [0.25, 0.3) is 5.91 Å². The molecule has 1 fully saturated rings. The van der Waals surface area contributed by atoms with Gasteiger partial charge in [-0.25, -0.2) is 9.37 Å². The highest BCUT2D eigenvalue weighted by Crippen LogP contribution is 2.49. The second kappa shape index (κ2) is 11.7. The lowest BCUT2D eigenvalue weighted by Gasteiger charge is -2.39. The molecule has 3 aromatic carbocycles. The largest absolute Gasteiger partial charge is 0.481 e. The molecule has 0 radical (unpaired) electrons. The van der Waals surface area contributed by atoms with Gasteiger partial charge in [0.15, 0.2) is 0 Å². The van der Waals surface area contributed by atoms with Crippen molar-refractivity contribution in [2.75, 3.05) is 51.3 Å². The Morgan fingerprint density at radius 1 is 0.837 bits per heavy atom. The van der Waals surface area contributed by atoms with Crippen LogP contribution in [0.15, 0.2) is 30.3 Å². The molecule has 9 rings (SSSR count). The van der Waals surface area contributed by atoms with E-state index in [0.29, 0.717) is 37.1 Å². The number of anilines is 1. The summed E-state index contributed by atoms with van der Waals surface area (Å²) in [5.41, 5.74) is 10.0. The Balaban J connectivity index is 1.28. The molecule has 252 valence electrons. The lowest BCUT2D eigenvalue weighted by molar-refractivity contribution is -0.143. The van der Waals surface area contributed by atoms with Crippen molar-refractivity contribution in [2.24, 2.45) is 5.92 Å². The van der Waals surface area contributed by atoms with E-state index in [1.54, 1.807) is 11.0 Å². The van der Waals surface area contributed by atoms with Crippen LogP contribution in [0.5, 0.6) is 11.5 Å². The van der Waals surface area contributed by atoms with E-state index in [2.05, 4.69) is 21.6 Å². The van der Waals surface area contributed by atoms with Crippen LogP contribution in [0.4, 0.5) is 5.69 Å². The number of esters is 1. The minimum absolute atomic E-state index is 0.199. The third-order valence-corrected chi connectivity index (χ3v) is 11.8. The number of carboxylic acids is 1. The summed E-state index contributed by atoms with van der Waals surface area (Å²) < 4.78 is 15.1. The van der Waals surface area contributed by atoms with E-state index in [4.69, 9.17) is 9.47 Å². The SMILES string of the molecule is COC(=O)c1cc(C(=O)N2CCC(C(=O)O)CC2)ccc1C1=c2cc3c4c(c2Oc2c1cc1c5c2CCCN5CCC1)CCC[N+]=4CCC3. The molecule has 9 heteroatoms. The van der Waals surface area contributed by atoms with Gasteiger partial charge >= 0.3 is 11.9 Å². The number of ether oxygens (including phenoxy) is 2. The number of likely N-dealkylation sites (tertiary alicyclic amines) is 1. The number of piperidine rings is 1. The third-order valence-electron chi connectivity index (χ3n) is 11.8. The van der Waals surface area contributed by atoms with E-state index >= 15 is 0 Å². The van der Waals surface area contributed by atoms with Crippen LogP contribution < -0.4 is 24.8 Å². The summed E-state index contributed by atoms with van der Waals surface area (Å²) in [5, 5.41) is 11.8. The van der Waals surface area contributed by atoms with Crippen LogP contribution in [0.2, 0.25) is 0 Å². The molecule has 0 bridgehead atoms. The minimum atomic E-state index is -0.815. The maximum absolute atomic E-state index is 13.8. The van der Waals surface area contributed by atoms with E-state index in [-0.39, 0.29) is 5.91 Å². The number of nitrogens with zero attached hydrogens (tertiary/aromatic N) is 3. The number of benzene rings is 3. The first-order valence-corrected chi connectivity index (χ1v) is 18.1. The Hall–Kier alpha value is -4.66. The molecule has 0 aliphatic carbocycles. The van der Waals surface area contributed by atoms with Crippen molar-refractivity contribution in [1.29, 1.82) is 0 Å². The van der Waals surface area contributed by atoms with Gasteiger partial charge in [0, 0.05) is 77.8 Å². The Labute approximate surface area is 285 Å². The highest BCUT2D eigenvalue weighted by Gasteiger charge is 2.37. The molecule has 0 saturated carbocycles. The molecule has 3 aromatic rings. The van der Waals surface area contributed by atoms with Gasteiger partial charge in [-0.15, -0.1) is 0 Å². The summed E-state index contributed by atoms with van der Waals surface area (Å²) in [4.78, 5) is 43.3. The second-order valence-electron chi connectivity index (χ2n) is 14.5. The highest BCUT2D eigenvalue weighted by atomic mass is 16.5. The zero-order chi connectivity index (χ0) is 33.4. The first-order valence-electron chi connectivity index (χ1n) is 18.1. The Kier molecular flexibility index (Phi) is 7.29. The molecule has 0 spiro atoms. The molecule has 6 aliphatic heterocycles. The summed E-state index contributed by atoms with van der Waals surface area (Å²) in [6.07, 6.45) is 9.13. The minimum Gasteiger partial charge on any atom is -0.481 e. The van der Waals surface area contributed by atoms with E-state index < -0.39 is 17.9 Å². The molecule has 6 aliphatic rings. The molecule has 1 amide bonds. The summed E-state index contributed by atoms with van der Waals surface area (Å²) in [5.74, 6) is -0.121. The van der Waals surface area contributed by atoms with Gasteiger partial charge in [0.2, 0.25) is 5.36 Å².